The third-order valence-electron chi connectivity index (χ3n) is 2.06. The van der Waals surface area contributed by atoms with Crippen molar-refractivity contribution in [1.29, 1.82) is 0 Å². The molecule has 1 aliphatic heterocycles. The monoisotopic (exact) mass is 228 g/mol. The maximum absolute atomic E-state index is 10.6. The van der Waals surface area contributed by atoms with E-state index in [0.717, 1.165) is 0 Å². The predicted molar refractivity (Wildman–Crippen MR) is 53.8 cm³/mol. The second-order valence-electron chi connectivity index (χ2n) is 3.13. The predicted octanol–water partition coefficient (Wildman–Crippen LogP) is 1.74. The molecular formula is C10H9ClO4. The van der Waals surface area contributed by atoms with E-state index in [-0.39, 0.29) is 6.42 Å². The normalized spacial score (nSPS) is 13.7. The molecule has 2 rings (SSSR count). The van der Waals surface area contributed by atoms with Crippen molar-refractivity contribution in [2.45, 2.75) is 6.42 Å². The highest BCUT2D eigenvalue weighted by Crippen LogP contribution is 2.40. The van der Waals surface area contributed by atoms with E-state index in [0.29, 0.717) is 35.3 Å². The van der Waals surface area contributed by atoms with Crippen LogP contribution < -0.4 is 9.47 Å². The number of aliphatic carboxylic acids is 1. The van der Waals surface area contributed by atoms with Crippen molar-refractivity contribution >= 4 is 17.6 Å². The Bertz CT molecular complexity index is 403. The average Bonchev–Trinajstić information content (AvgIpc) is 2.22. The fraction of sp³-hybridized carbons (Fsp3) is 0.300. The van der Waals surface area contributed by atoms with E-state index in [2.05, 4.69) is 0 Å². The van der Waals surface area contributed by atoms with Gasteiger partial charge in [0, 0.05) is 5.56 Å². The molecular weight excluding hydrogens is 220 g/mol. The fourth-order valence-corrected chi connectivity index (χ4v) is 1.67. The lowest BCUT2D eigenvalue weighted by Crippen LogP contribution is -2.17. The van der Waals surface area contributed by atoms with E-state index in [1.54, 1.807) is 12.1 Å². The Labute approximate surface area is 91.4 Å². The summed E-state index contributed by atoms with van der Waals surface area (Å²) in [6.45, 7) is 0.850. The minimum atomic E-state index is -0.909. The van der Waals surface area contributed by atoms with Crippen LogP contribution >= 0.6 is 11.6 Å². The standard InChI is InChI=1S/C10H9ClO4/c11-7-2-1-6(5-8(12)13)9-10(7)15-4-3-14-9/h1-2H,3-5H2,(H,12,13). The van der Waals surface area contributed by atoms with Crippen molar-refractivity contribution in [2.75, 3.05) is 13.2 Å². The van der Waals surface area contributed by atoms with E-state index in [1.807, 2.05) is 0 Å². The van der Waals surface area contributed by atoms with Gasteiger partial charge in [0.25, 0.3) is 0 Å². The van der Waals surface area contributed by atoms with Crippen LogP contribution in [-0.2, 0) is 11.2 Å². The molecule has 4 nitrogen and oxygen atoms in total. The Balaban J connectivity index is 2.43. The van der Waals surface area contributed by atoms with Gasteiger partial charge in [0.2, 0.25) is 0 Å². The van der Waals surface area contributed by atoms with Crippen molar-refractivity contribution in [3.05, 3.63) is 22.7 Å². The van der Waals surface area contributed by atoms with Crippen molar-refractivity contribution < 1.29 is 19.4 Å². The highest BCUT2D eigenvalue weighted by atomic mass is 35.5. The number of ether oxygens (including phenoxy) is 2. The third kappa shape index (κ3) is 1.99. The van der Waals surface area contributed by atoms with Gasteiger partial charge in [-0.1, -0.05) is 17.7 Å². The summed E-state index contributed by atoms with van der Waals surface area (Å²) < 4.78 is 10.7. The number of benzene rings is 1. The summed E-state index contributed by atoms with van der Waals surface area (Å²) in [5.74, 6) is -0.00786. The molecule has 0 bridgehead atoms. The molecule has 0 aliphatic carbocycles. The lowest BCUT2D eigenvalue weighted by molar-refractivity contribution is -0.136. The highest BCUT2D eigenvalue weighted by Gasteiger charge is 2.20. The number of hydrogen-bond donors (Lipinski definition) is 1. The first-order chi connectivity index (χ1) is 7.18. The summed E-state index contributed by atoms with van der Waals surface area (Å²) >= 11 is 5.90. The highest BCUT2D eigenvalue weighted by molar-refractivity contribution is 6.32. The van der Waals surface area contributed by atoms with Crippen molar-refractivity contribution in [3.8, 4) is 11.5 Å². The number of carboxylic acids is 1. The van der Waals surface area contributed by atoms with Gasteiger partial charge in [-0.3, -0.25) is 4.79 Å². The van der Waals surface area contributed by atoms with E-state index in [4.69, 9.17) is 26.2 Å². The molecule has 0 radical (unpaired) electrons. The Morgan fingerprint density at radius 2 is 2.00 bits per heavy atom. The molecule has 0 unspecified atom stereocenters. The molecule has 1 aliphatic rings. The van der Waals surface area contributed by atoms with Gasteiger partial charge in [0.05, 0.1) is 11.4 Å². The molecule has 15 heavy (non-hydrogen) atoms. The van der Waals surface area contributed by atoms with Gasteiger partial charge in [-0.2, -0.15) is 0 Å². The molecule has 1 N–H and O–H groups in total. The number of rotatable bonds is 2. The zero-order chi connectivity index (χ0) is 10.8. The second kappa shape index (κ2) is 3.98. The zero-order valence-corrected chi connectivity index (χ0v) is 8.58. The van der Waals surface area contributed by atoms with Crippen molar-refractivity contribution in [2.24, 2.45) is 0 Å². The summed E-state index contributed by atoms with van der Waals surface area (Å²) in [7, 11) is 0. The first-order valence-electron chi connectivity index (χ1n) is 4.47. The second-order valence-corrected chi connectivity index (χ2v) is 3.54. The van der Waals surface area contributed by atoms with Crippen LogP contribution in [0.4, 0.5) is 0 Å². The van der Waals surface area contributed by atoms with Crippen LogP contribution in [0.3, 0.4) is 0 Å². The molecule has 0 atom stereocenters. The Morgan fingerprint density at radius 1 is 1.33 bits per heavy atom. The first-order valence-corrected chi connectivity index (χ1v) is 4.85. The molecule has 80 valence electrons. The number of fused-ring (bicyclic) bond motifs is 1. The van der Waals surface area contributed by atoms with E-state index in [1.165, 1.54) is 0 Å². The van der Waals surface area contributed by atoms with Crippen LogP contribution in [0.15, 0.2) is 12.1 Å². The SMILES string of the molecule is O=C(O)Cc1ccc(Cl)c2c1OCCO2. The Morgan fingerprint density at radius 3 is 2.67 bits per heavy atom. The minimum Gasteiger partial charge on any atom is -0.486 e. The zero-order valence-electron chi connectivity index (χ0n) is 7.83. The molecule has 0 fully saturated rings. The molecule has 5 heteroatoms. The number of carbonyl (C=O) groups is 1. The van der Waals surface area contributed by atoms with E-state index in [9.17, 15) is 4.79 Å². The van der Waals surface area contributed by atoms with E-state index >= 15 is 0 Å². The van der Waals surface area contributed by atoms with Gasteiger partial charge in [0.1, 0.15) is 13.2 Å². The molecule has 0 saturated heterocycles. The topological polar surface area (TPSA) is 55.8 Å². The van der Waals surface area contributed by atoms with Crippen molar-refractivity contribution in [1.82, 2.24) is 0 Å². The summed E-state index contributed by atoms with van der Waals surface area (Å²) in [4.78, 5) is 10.6. The van der Waals surface area contributed by atoms with Gasteiger partial charge in [0.15, 0.2) is 11.5 Å². The van der Waals surface area contributed by atoms with Gasteiger partial charge in [-0.15, -0.1) is 0 Å². The maximum Gasteiger partial charge on any atom is 0.307 e. The molecule has 1 aromatic carbocycles. The van der Waals surface area contributed by atoms with Gasteiger partial charge < -0.3 is 14.6 Å². The number of hydrogen-bond acceptors (Lipinski definition) is 3. The minimum absolute atomic E-state index is 0.0944. The fourth-order valence-electron chi connectivity index (χ4n) is 1.46. The summed E-state index contributed by atoms with van der Waals surface area (Å²) in [5.41, 5.74) is 0.585. The summed E-state index contributed by atoms with van der Waals surface area (Å²) in [5, 5.41) is 9.15. The quantitative estimate of drug-likeness (QED) is 0.838. The van der Waals surface area contributed by atoms with Crippen LogP contribution in [0.2, 0.25) is 5.02 Å². The molecule has 1 heterocycles. The van der Waals surface area contributed by atoms with Crippen molar-refractivity contribution in [3.63, 3.8) is 0 Å². The Kier molecular flexibility index (Phi) is 2.68. The Hall–Kier alpha value is -1.42. The number of halogens is 1. The van der Waals surface area contributed by atoms with Crippen LogP contribution in [0.25, 0.3) is 0 Å². The molecule has 0 saturated carbocycles. The van der Waals surface area contributed by atoms with Crippen LogP contribution in [0.1, 0.15) is 5.56 Å². The third-order valence-corrected chi connectivity index (χ3v) is 2.36. The molecule has 0 aromatic heterocycles. The van der Waals surface area contributed by atoms with Crippen LogP contribution in [0, 0.1) is 0 Å². The number of carboxylic acid groups (broad SMARTS) is 1. The molecule has 1 aromatic rings. The smallest absolute Gasteiger partial charge is 0.307 e. The lowest BCUT2D eigenvalue weighted by Gasteiger charge is -2.21. The van der Waals surface area contributed by atoms with Gasteiger partial charge in [-0.25, -0.2) is 0 Å². The molecule has 0 amide bonds. The summed E-state index contributed by atoms with van der Waals surface area (Å²) in [6.07, 6.45) is -0.0944. The van der Waals surface area contributed by atoms with Crippen LogP contribution in [-0.4, -0.2) is 24.3 Å². The van der Waals surface area contributed by atoms with Gasteiger partial charge >= 0.3 is 5.97 Å². The van der Waals surface area contributed by atoms with Crippen LogP contribution in [0.5, 0.6) is 11.5 Å². The summed E-state index contributed by atoms with van der Waals surface area (Å²) in [6, 6.07) is 3.26. The largest absolute Gasteiger partial charge is 0.486 e. The lowest BCUT2D eigenvalue weighted by atomic mass is 10.1. The first kappa shape index (κ1) is 10.1. The van der Waals surface area contributed by atoms with Gasteiger partial charge in [-0.05, 0) is 6.07 Å². The average molecular weight is 229 g/mol. The maximum atomic E-state index is 10.6. The molecule has 0 spiro atoms. The van der Waals surface area contributed by atoms with E-state index < -0.39 is 5.97 Å².